The molecule has 0 radical (unpaired) electrons. The van der Waals surface area contributed by atoms with E-state index in [1.165, 1.54) is 0 Å². The Balaban J connectivity index is -0.0000000800. The third-order valence-corrected chi connectivity index (χ3v) is 0. The van der Waals surface area contributed by atoms with E-state index in [9.17, 15) is 0 Å². The fraction of sp³-hybridized carbons (Fsp3) is 0. The Bertz CT molecular complexity index is 94.9. The molecule has 7 heavy (non-hydrogen) atoms. The van der Waals surface area contributed by atoms with Gasteiger partial charge in [0, 0.05) is 0 Å². The van der Waals surface area contributed by atoms with E-state index >= 15 is 0 Å². The van der Waals surface area contributed by atoms with Crippen molar-refractivity contribution in [1.82, 2.24) is 0 Å². The van der Waals surface area contributed by atoms with Crippen molar-refractivity contribution in [3.63, 3.8) is 0 Å². The first-order valence-electron chi connectivity index (χ1n) is 0.698. The van der Waals surface area contributed by atoms with Gasteiger partial charge in [-0.1, -0.05) is 0 Å². The standard InChI is InChI=1S/Ba.ClH.H2O4S.2H/c;;1-5(2,3)4;;/h;1H;(H2,1,2,3,4);;. The number of hydrogen-bond donors (Lipinski definition) is 2. The first-order chi connectivity index (χ1) is 2.00. The average Bonchev–Trinajstić information content (AvgIpc) is 0.722. The molecule has 0 spiro atoms. The molecule has 0 fully saturated rings. The van der Waals surface area contributed by atoms with Crippen LogP contribution in [0.4, 0.5) is 0 Å². The van der Waals surface area contributed by atoms with Gasteiger partial charge >= 0.3 is 59.3 Å². The molecule has 0 aliphatic heterocycles. The van der Waals surface area contributed by atoms with Crippen LogP contribution in [0.15, 0.2) is 0 Å². The summed E-state index contributed by atoms with van der Waals surface area (Å²) in [6.45, 7) is 0. The predicted octanol–water partition coefficient (Wildman–Crippen LogP) is -1.15. The summed E-state index contributed by atoms with van der Waals surface area (Å²) >= 11 is 0. The van der Waals surface area contributed by atoms with Crippen LogP contribution in [0.1, 0.15) is 0 Å². The Morgan fingerprint density at radius 2 is 1.14 bits per heavy atom. The van der Waals surface area contributed by atoms with Crippen LogP contribution in [-0.2, 0) is 10.4 Å². The van der Waals surface area contributed by atoms with Crippen molar-refractivity contribution in [3.8, 4) is 0 Å². The second-order valence-electron chi connectivity index (χ2n) is 0.448. The van der Waals surface area contributed by atoms with Gasteiger partial charge in [0.05, 0.1) is 0 Å². The summed E-state index contributed by atoms with van der Waals surface area (Å²) in [5, 5.41) is 0. The van der Waals surface area contributed by atoms with Crippen molar-refractivity contribution in [3.05, 3.63) is 0 Å². The maximum absolute atomic E-state index is 8.74. The van der Waals surface area contributed by atoms with Gasteiger partial charge in [0.15, 0.2) is 0 Å². The van der Waals surface area contributed by atoms with Crippen LogP contribution >= 0.6 is 12.4 Å². The van der Waals surface area contributed by atoms with Crippen molar-refractivity contribution in [2.45, 2.75) is 0 Å². The molecule has 0 aromatic carbocycles. The number of hydrogen-bond acceptors (Lipinski definition) is 2. The third-order valence-electron chi connectivity index (χ3n) is 0. The van der Waals surface area contributed by atoms with E-state index in [0.29, 0.717) is 0 Å². The zero-order valence-electron chi connectivity index (χ0n) is 2.53. The molecule has 0 saturated heterocycles. The normalized spacial score (nSPS) is 8.29. The minimum absolute atomic E-state index is 0. The molecule has 44 valence electrons. The van der Waals surface area contributed by atoms with E-state index in [4.69, 9.17) is 17.5 Å². The zero-order valence-corrected chi connectivity index (χ0v) is 4.16. The Morgan fingerprint density at radius 1 is 1.14 bits per heavy atom. The molecule has 0 saturated carbocycles. The minimum atomic E-state index is -4.67. The average molecular weight is 274 g/mol. The second kappa shape index (κ2) is 5.86. The molecule has 0 aliphatic rings. The Hall–Kier alpha value is 1.73. The van der Waals surface area contributed by atoms with Gasteiger partial charge in [-0.3, -0.25) is 9.11 Å². The fourth-order valence-corrected chi connectivity index (χ4v) is 0. The predicted molar refractivity (Wildman–Crippen MR) is 30.0 cm³/mol. The summed E-state index contributed by atoms with van der Waals surface area (Å²) in [6, 6.07) is 0. The van der Waals surface area contributed by atoms with Crippen LogP contribution in [0.25, 0.3) is 0 Å². The van der Waals surface area contributed by atoms with Gasteiger partial charge in [-0.2, -0.15) is 8.42 Å². The van der Waals surface area contributed by atoms with Crippen molar-refractivity contribution >= 4 is 71.7 Å². The molecule has 0 heterocycles. The Kier molecular flexibility index (Phi) is 13.3. The van der Waals surface area contributed by atoms with Gasteiger partial charge in [-0.25, -0.2) is 0 Å². The molecule has 0 unspecified atom stereocenters. The summed E-state index contributed by atoms with van der Waals surface area (Å²) in [6.07, 6.45) is 0. The summed E-state index contributed by atoms with van der Waals surface area (Å²) in [4.78, 5) is 0. The monoisotopic (exact) mass is 274 g/mol. The molecular weight excluding hydrogens is 269 g/mol. The molecule has 4 nitrogen and oxygen atoms in total. The van der Waals surface area contributed by atoms with Crippen LogP contribution in [0, 0.1) is 0 Å². The van der Waals surface area contributed by atoms with E-state index < -0.39 is 10.4 Å². The summed E-state index contributed by atoms with van der Waals surface area (Å²) in [5.41, 5.74) is 0. The van der Waals surface area contributed by atoms with E-state index in [2.05, 4.69) is 0 Å². The first-order valence-corrected chi connectivity index (χ1v) is 2.10. The van der Waals surface area contributed by atoms with Crippen LogP contribution in [0.5, 0.6) is 0 Å². The molecule has 0 bridgehead atoms. The molecule has 0 aromatic heterocycles. The van der Waals surface area contributed by atoms with Crippen molar-refractivity contribution in [2.24, 2.45) is 0 Å². The summed E-state index contributed by atoms with van der Waals surface area (Å²) < 4.78 is 31.6. The van der Waals surface area contributed by atoms with E-state index in [1.54, 1.807) is 0 Å². The summed E-state index contributed by atoms with van der Waals surface area (Å²) in [7, 11) is -4.67. The van der Waals surface area contributed by atoms with Gasteiger partial charge in [0.25, 0.3) is 0 Å². The van der Waals surface area contributed by atoms with Crippen molar-refractivity contribution < 1.29 is 17.5 Å². The molecule has 0 amide bonds. The molecule has 0 rings (SSSR count). The topological polar surface area (TPSA) is 74.6 Å². The molecule has 2 N–H and O–H groups in total. The van der Waals surface area contributed by atoms with E-state index in [1.807, 2.05) is 0 Å². The van der Waals surface area contributed by atoms with Gasteiger partial charge in [0.1, 0.15) is 0 Å². The first kappa shape index (κ1) is 15.9. The van der Waals surface area contributed by atoms with Crippen molar-refractivity contribution in [1.29, 1.82) is 0 Å². The van der Waals surface area contributed by atoms with Crippen LogP contribution in [0.3, 0.4) is 0 Å². The second-order valence-corrected chi connectivity index (χ2v) is 1.34. The fourth-order valence-electron chi connectivity index (χ4n) is 0. The molecule has 0 aliphatic carbocycles. The Labute approximate surface area is 87.7 Å². The molecule has 0 aromatic rings. The van der Waals surface area contributed by atoms with Crippen LogP contribution in [0.2, 0.25) is 0 Å². The SMILES string of the molecule is Cl.O=S(=O)(O)O.[BaH2]. The molecular formula is H5BaClO4S. The van der Waals surface area contributed by atoms with Crippen molar-refractivity contribution in [2.75, 3.05) is 0 Å². The number of halogens is 1. The van der Waals surface area contributed by atoms with Crippen LogP contribution in [-0.4, -0.2) is 66.4 Å². The van der Waals surface area contributed by atoms with E-state index in [-0.39, 0.29) is 61.3 Å². The van der Waals surface area contributed by atoms with Gasteiger partial charge in [-0.05, 0) is 0 Å². The van der Waals surface area contributed by atoms with Gasteiger partial charge < -0.3 is 0 Å². The van der Waals surface area contributed by atoms with Gasteiger partial charge in [0.2, 0.25) is 0 Å². The maximum atomic E-state index is 8.74. The zero-order chi connectivity index (χ0) is 4.50. The van der Waals surface area contributed by atoms with Gasteiger partial charge in [-0.15, -0.1) is 12.4 Å². The molecule has 0 atom stereocenters. The number of rotatable bonds is 0. The van der Waals surface area contributed by atoms with Crippen LogP contribution < -0.4 is 0 Å². The Morgan fingerprint density at radius 3 is 1.14 bits per heavy atom. The molecule has 7 heteroatoms. The third kappa shape index (κ3) is 84.7. The quantitative estimate of drug-likeness (QED) is 0.432. The summed E-state index contributed by atoms with van der Waals surface area (Å²) in [5.74, 6) is 0. The van der Waals surface area contributed by atoms with E-state index in [0.717, 1.165) is 0 Å².